The van der Waals surface area contributed by atoms with E-state index in [1.807, 2.05) is 18.4 Å². The highest BCUT2D eigenvalue weighted by Crippen LogP contribution is 2.15. The fourth-order valence-corrected chi connectivity index (χ4v) is 1.70. The van der Waals surface area contributed by atoms with Crippen LogP contribution in [0, 0.1) is 0 Å². The number of nitrogens with zero attached hydrogens (tertiary/aromatic N) is 3. The number of nitrogens with two attached hydrogens (primary N) is 1. The van der Waals surface area contributed by atoms with Gasteiger partial charge in [-0.05, 0) is 24.0 Å². The predicted octanol–water partition coefficient (Wildman–Crippen LogP) is 1.79. The van der Waals surface area contributed by atoms with Crippen molar-refractivity contribution in [1.82, 2.24) is 15.0 Å². The lowest BCUT2D eigenvalue weighted by Gasteiger charge is -2.07. The molecule has 0 saturated carbocycles. The van der Waals surface area contributed by atoms with Crippen LogP contribution in [0.15, 0.2) is 35.7 Å². The SMILES string of the molecule is CSc1nc(N)cc(NCc2ccncc2)n1. The van der Waals surface area contributed by atoms with Gasteiger partial charge in [0.2, 0.25) is 0 Å². The van der Waals surface area contributed by atoms with E-state index in [1.165, 1.54) is 11.8 Å². The quantitative estimate of drug-likeness (QED) is 0.633. The van der Waals surface area contributed by atoms with Gasteiger partial charge >= 0.3 is 0 Å². The molecule has 17 heavy (non-hydrogen) atoms. The number of pyridine rings is 1. The molecule has 2 aromatic rings. The maximum Gasteiger partial charge on any atom is 0.191 e. The molecule has 2 aromatic heterocycles. The topological polar surface area (TPSA) is 76.7 Å². The molecule has 0 fully saturated rings. The summed E-state index contributed by atoms with van der Waals surface area (Å²) in [7, 11) is 0. The van der Waals surface area contributed by atoms with Gasteiger partial charge < -0.3 is 11.1 Å². The Balaban J connectivity index is 2.06. The van der Waals surface area contributed by atoms with Crippen molar-refractivity contribution in [2.24, 2.45) is 0 Å². The van der Waals surface area contributed by atoms with Crippen molar-refractivity contribution in [3.63, 3.8) is 0 Å². The molecule has 6 heteroatoms. The third-order valence-corrected chi connectivity index (χ3v) is 2.68. The molecule has 0 atom stereocenters. The van der Waals surface area contributed by atoms with Crippen LogP contribution in [-0.2, 0) is 6.54 Å². The Bertz CT molecular complexity index is 488. The molecule has 0 saturated heterocycles. The van der Waals surface area contributed by atoms with Gasteiger partial charge in [0.05, 0.1) is 0 Å². The Morgan fingerprint density at radius 3 is 2.76 bits per heavy atom. The average Bonchev–Trinajstić information content (AvgIpc) is 2.37. The van der Waals surface area contributed by atoms with Gasteiger partial charge in [-0.3, -0.25) is 4.98 Å². The van der Waals surface area contributed by atoms with Crippen molar-refractivity contribution in [3.05, 3.63) is 36.2 Å². The summed E-state index contributed by atoms with van der Waals surface area (Å²) >= 11 is 1.47. The summed E-state index contributed by atoms with van der Waals surface area (Å²) < 4.78 is 0. The Hall–Kier alpha value is -1.82. The molecule has 0 bridgehead atoms. The number of thioether (sulfide) groups is 1. The summed E-state index contributed by atoms with van der Waals surface area (Å²) in [5.41, 5.74) is 6.83. The van der Waals surface area contributed by atoms with Crippen LogP contribution >= 0.6 is 11.8 Å². The molecular weight excluding hydrogens is 234 g/mol. The van der Waals surface area contributed by atoms with Crippen LogP contribution in [0.2, 0.25) is 0 Å². The summed E-state index contributed by atoms with van der Waals surface area (Å²) in [6.45, 7) is 0.687. The summed E-state index contributed by atoms with van der Waals surface area (Å²) in [6, 6.07) is 5.63. The highest BCUT2D eigenvalue weighted by molar-refractivity contribution is 7.98. The van der Waals surface area contributed by atoms with Crippen LogP contribution in [0.3, 0.4) is 0 Å². The van der Waals surface area contributed by atoms with E-state index in [4.69, 9.17) is 5.73 Å². The van der Waals surface area contributed by atoms with Gasteiger partial charge in [0.15, 0.2) is 5.16 Å². The monoisotopic (exact) mass is 247 g/mol. The maximum absolute atomic E-state index is 5.69. The fourth-order valence-electron chi connectivity index (χ4n) is 1.32. The molecule has 88 valence electrons. The van der Waals surface area contributed by atoms with E-state index in [0.29, 0.717) is 17.5 Å². The number of hydrogen-bond acceptors (Lipinski definition) is 6. The molecule has 2 heterocycles. The van der Waals surface area contributed by atoms with Crippen LogP contribution in [0.4, 0.5) is 11.6 Å². The molecule has 0 unspecified atom stereocenters. The number of anilines is 2. The van der Waals surface area contributed by atoms with Crippen molar-refractivity contribution in [2.45, 2.75) is 11.7 Å². The second-order valence-electron chi connectivity index (χ2n) is 3.37. The van der Waals surface area contributed by atoms with E-state index in [0.717, 1.165) is 11.4 Å². The van der Waals surface area contributed by atoms with Crippen molar-refractivity contribution in [3.8, 4) is 0 Å². The third-order valence-electron chi connectivity index (χ3n) is 2.13. The van der Waals surface area contributed by atoms with Gasteiger partial charge in [-0.15, -0.1) is 0 Å². The zero-order chi connectivity index (χ0) is 12.1. The minimum atomic E-state index is 0.474. The number of nitrogens with one attached hydrogen (secondary N) is 1. The van der Waals surface area contributed by atoms with E-state index < -0.39 is 0 Å². The Kier molecular flexibility index (Phi) is 3.77. The molecule has 2 rings (SSSR count). The van der Waals surface area contributed by atoms with Gasteiger partial charge in [-0.2, -0.15) is 0 Å². The normalized spacial score (nSPS) is 10.2. The Labute approximate surface area is 104 Å². The number of aromatic nitrogens is 3. The molecule has 0 radical (unpaired) electrons. The molecule has 0 aliphatic heterocycles. The zero-order valence-electron chi connectivity index (χ0n) is 9.42. The Morgan fingerprint density at radius 1 is 1.29 bits per heavy atom. The van der Waals surface area contributed by atoms with E-state index in [-0.39, 0.29) is 0 Å². The number of hydrogen-bond donors (Lipinski definition) is 2. The second-order valence-corrected chi connectivity index (χ2v) is 4.15. The second kappa shape index (κ2) is 5.49. The van der Waals surface area contributed by atoms with Crippen LogP contribution in [-0.4, -0.2) is 21.2 Å². The van der Waals surface area contributed by atoms with Gasteiger partial charge in [0, 0.05) is 25.0 Å². The smallest absolute Gasteiger partial charge is 0.191 e. The third kappa shape index (κ3) is 3.32. The molecule has 0 aliphatic carbocycles. The van der Waals surface area contributed by atoms with Gasteiger partial charge in [0.1, 0.15) is 11.6 Å². The molecule has 0 amide bonds. The fraction of sp³-hybridized carbons (Fsp3) is 0.182. The molecule has 3 N–H and O–H groups in total. The standard InChI is InChI=1S/C11H13N5S/c1-17-11-15-9(12)6-10(16-11)14-7-8-2-4-13-5-3-8/h2-6H,7H2,1H3,(H3,12,14,15,16). The number of nitrogen functional groups attached to an aromatic ring is 1. The largest absolute Gasteiger partial charge is 0.383 e. The summed E-state index contributed by atoms with van der Waals surface area (Å²) in [4.78, 5) is 12.4. The summed E-state index contributed by atoms with van der Waals surface area (Å²) in [5.74, 6) is 1.21. The van der Waals surface area contributed by atoms with Crippen molar-refractivity contribution >= 4 is 23.4 Å². The van der Waals surface area contributed by atoms with Crippen LogP contribution in [0.5, 0.6) is 0 Å². The zero-order valence-corrected chi connectivity index (χ0v) is 10.2. The van der Waals surface area contributed by atoms with Crippen molar-refractivity contribution in [1.29, 1.82) is 0 Å². The van der Waals surface area contributed by atoms with E-state index in [9.17, 15) is 0 Å². The first kappa shape index (κ1) is 11.7. The lowest BCUT2D eigenvalue weighted by molar-refractivity contribution is 0.963. The molecule has 5 nitrogen and oxygen atoms in total. The van der Waals surface area contributed by atoms with E-state index in [2.05, 4.69) is 20.3 Å². The lowest BCUT2D eigenvalue weighted by Crippen LogP contribution is -2.04. The van der Waals surface area contributed by atoms with Crippen molar-refractivity contribution < 1.29 is 0 Å². The van der Waals surface area contributed by atoms with Crippen LogP contribution in [0.1, 0.15) is 5.56 Å². The molecule has 0 aromatic carbocycles. The van der Waals surface area contributed by atoms with Crippen LogP contribution < -0.4 is 11.1 Å². The first-order valence-electron chi connectivity index (χ1n) is 5.09. The maximum atomic E-state index is 5.69. The number of rotatable bonds is 4. The molecular formula is C11H13N5S. The molecule has 0 aliphatic rings. The lowest BCUT2D eigenvalue weighted by atomic mass is 10.3. The highest BCUT2D eigenvalue weighted by atomic mass is 32.2. The van der Waals surface area contributed by atoms with Gasteiger partial charge in [-0.1, -0.05) is 11.8 Å². The highest BCUT2D eigenvalue weighted by Gasteiger charge is 2.01. The average molecular weight is 247 g/mol. The Morgan fingerprint density at radius 2 is 2.06 bits per heavy atom. The minimum absolute atomic E-state index is 0.474. The summed E-state index contributed by atoms with van der Waals surface area (Å²) in [5, 5.41) is 3.87. The summed E-state index contributed by atoms with van der Waals surface area (Å²) in [6.07, 6.45) is 5.44. The van der Waals surface area contributed by atoms with Crippen LogP contribution in [0.25, 0.3) is 0 Å². The molecule has 0 spiro atoms. The van der Waals surface area contributed by atoms with E-state index >= 15 is 0 Å². The van der Waals surface area contributed by atoms with Gasteiger partial charge in [-0.25, -0.2) is 9.97 Å². The van der Waals surface area contributed by atoms with Gasteiger partial charge in [0.25, 0.3) is 0 Å². The first-order valence-corrected chi connectivity index (χ1v) is 6.32. The predicted molar refractivity (Wildman–Crippen MR) is 69.8 cm³/mol. The van der Waals surface area contributed by atoms with Crippen molar-refractivity contribution in [2.75, 3.05) is 17.3 Å². The van der Waals surface area contributed by atoms with E-state index in [1.54, 1.807) is 18.5 Å². The minimum Gasteiger partial charge on any atom is -0.383 e. The first-order chi connectivity index (χ1) is 8.28.